The number of hydrogen-bond acceptors (Lipinski definition) is 4. The number of benzene rings is 2. The molecule has 0 aliphatic rings. The van der Waals surface area contributed by atoms with Gasteiger partial charge in [-0.3, -0.25) is 5.10 Å². The second-order valence-corrected chi connectivity index (χ2v) is 5.25. The fraction of sp³-hybridized carbons (Fsp3) is 0.167. The lowest BCUT2D eigenvalue weighted by Crippen LogP contribution is -1.96. The van der Waals surface area contributed by atoms with Gasteiger partial charge in [-0.15, -0.1) is 0 Å². The minimum Gasteiger partial charge on any atom is -0.497 e. The molecule has 0 bridgehead atoms. The number of ether oxygens (including phenoxy) is 2. The maximum Gasteiger partial charge on any atom is 0.126 e. The van der Waals surface area contributed by atoms with Crippen LogP contribution in [0.1, 0.15) is 11.1 Å². The molecule has 1 heterocycles. The van der Waals surface area contributed by atoms with Gasteiger partial charge >= 0.3 is 0 Å². The van der Waals surface area contributed by atoms with Gasteiger partial charge in [0.1, 0.15) is 17.3 Å². The number of anilines is 1. The number of nitrogens with zero attached hydrogens (tertiary/aromatic N) is 1. The van der Waals surface area contributed by atoms with Crippen LogP contribution in [0.4, 0.5) is 5.82 Å². The predicted molar refractivity (Wildman–Crippen MR) is 90.8 cm³/mol. The van der Waals surface area contributed by atoms with E-state index in [0.717, 1.165) is 34.6 Å². The predicted octanol–water partition coefficient (Wildman–Crippen LogP) is 3.27. The van der Waals surface area contributed by atoms with Crippen LogP contribution in [-0.4, -0.2) is 24.4 Å². The molecule has 0 radical (unpaired) electrons. The van der Waals surface area contributed by atoms with Crippen LogP contribution in [0.25, 0.3) is 11.1 Å². The summed E-state index contributed by atoms with van der Waals surface area (Å²) < 4.78 is 10.8. The third-order valence-corrected chi connectivity index (χ3v) is 3.80. The fourth-order valence-corrected chi connectivity index (χ4v) is 2.59. The number of aromatic nitrogens is 2. The molecule has 3 rings (SSSR count). The van der Waals surface area contributed by atoms with Gasteiger partial charge in [0.05, 0.1) is 20.4 Å². The van der Waals surface area contributed by atoms with E-state index in [1.807, 2.05) is 30.3 Å². The molecule has 0 fully saturated rings. The summed E-state index contributed by atoms with van der Waals surface area (Å²) in [7, 11) is 3.34. The molecule has 5 heteroatoms. The maximum atomic E-state index is 5.88. The third-order valence-electron chi connectivity index (χ3n) is 3.80. The summed E-state index contributed by atoms with van der Waals surface area (Å²) in [6.45, 7) is 0. The number of nitrogens with one attached hydrogen (secondary N) is 1. The Balaban J connectivity index is 1.92. The average Bonchev–Trinajstić information content (AvgIpc) is 3.01. The van der Waals surface area contributed by atoms with Gasteiger partial charge < -0.3 is 15.2 Å². The summed E-state index contributed by atoms with van der Waals surface area (Å²) in [6, 6.07) is 14.1. The van der Waals surface area contributed by atoms with Crippen LogP contribution in [0.3, 0.4) is 0 Å². The van der Waals surface area contributed by atoms with Crippen molar-refractivity contribution in [1.29, 1.82) is 0 Å². The number of hydrogen-bond donors (Lipinski definition) is 2. The summed E-state index contributed by atoms with van der Waals surface area (Å²) in [4.78, 5) is 0. The van der Waals surface area contributed by atoms with Crippen LogP contribution in [0.15, 0.2) is 48.7 Å². The molecule has 0 aliphatic carbocycles. The lowest BCUT2D eigenvalue weighted by molar-refractivity contribution is 0.410. The molecule has 0 atom stereocenters. The summed E-state index contributed by atoms with van der Waals surface area (Å²) >= 11 is 0. The van der Waals surface area contributed by atoms with Crippen molar-refractivity contribution < 1.29 is 9.47 Å². The monoisotopic (exact) mass is 309 g/mol. The van der Waals surface area contributed by atoms with E-state index in [1.54, 1.807) is 20.4 Å². The standard InChI is InChI=1S/C18H19N3O2/c1-22-15-5-3-4-12(9-15)8-14-7-6-13(10-17(14)23-2)16-11-20-21-18(16)19/h3-7,9-11H,8H2,1-2H3,(H3,19,20,21). The van der Waals surface area contributed by atoms with Gasteiger partial charge in [-0.2, -0.15) is 5.10 Å². The van der Waals surface area contributed by atoms with Crippen LogP contribution < -0.4 is 15.2 Å². The highest BCUT2D eigenvalue weighted by atomic mass is 16.5. The summed E-state index contributed by atoms with van der Waals surface area (Å²) in [5.41, 5.74) is 10.00. The second-order valence-electron chi connectivity index (χ2n) is 5.25. The number of aromatic amines is 1. The quantitative estimate of drug-likeness (QED) is 0.758. The van der Waals surface area contributed by atoms with Crippen molar-refractivity contribution in [3.05, 3.63) is 59.8 Å². The van der Waals surface area contributed by atoms with Gasteiger partial charge in [-0.1, -0.05) is 24.3 Å². The zero-order valence-electron chi connectivity index (χ0n) is 13.2. The number of methoxy groups -OCH3 is 2. The Bertz CT molecular complexity index is 812. The highest BCUT2D eigenvalue weighted by Crippen LogP contribution is 2.31. The van der Waals surface area contributed by atoms with Gasteiger partial charge in [0.25, 0.3) is 0 Å². The number of rotatable bonds is 5. The molecule has 0 saturated carbocycles. The van der Waals surface area contributed by atoms with E-state index < -0.39 is 0 Å². The molecule has 3 N–H and O–H groups in total. The topological polar surface area (TPSA) is 73.2 Å². The first-order chi connectivity index (χ1) is 11.2. The van der Waals surface area contributed by atoms with Crippen molar-refractivity contribution in [3.63, 3.8) is 0 Å². The van der Waals surface area contributed by atoms with E-state index >= 15 is 0 Å². The third kappa shape index (κ3) is 3.13. The van der Waals surface area contributed by atoms with Crippen LogP contribution in [0.2, 0.25) is 0 Å². The van der Waals surface area contributed by atoms with E-state index in [4.69, 9.17) is 15.2 Å². The Labute approximate surface area is 135 Å². The van der Waals surface area contributed by atoms with Gasteiger partial charge in [-0.05, 0) is 34.9 Å². The first-order valence-corrected chi connectivity index (χ1v) is 7.30. The fourth-order valence-electron chi connectivity index (χ4n) is 2.59. The molecule has 5 nitrogen and oxygen atoms in total. The van der Waals surface area contributed by atoms with Crippen LogP contribution >= 0.6 is 0 Å². The van der Waals surface area contributed by atoms with Gasteiger partial charge in [0.2, 0.25) is 0 Å². The zero-order valence-corrected chi connectivity index (χ0v) is 13.2. The van der Waals surface area contributed by atoms with E-state index in [0.29, 0.717) is 5.82 Å². The molecule has 2 aromatic carbocycles. The molecule has 3 aromatic rings. The lowest BCUT2D eigenvalue weighted by atomic mass is 10.00. The molecule has 0 amide bonds. The van der Waals surface area contributed by atoms with E-state index in [1.165, 1.54) is 5.56 Å². The molecule has 0 aliphatic heterocycles. The van der Waals surface area contributed by atoms with Gasteiger partial charge in [-0.25, -0.2) is 0 Å². The lowest BCUT2D eigenvalue weighted by Gasteiger charge is -2.11. The SMILES string of the molecule is COc1cccc(Cc2ccc(-c3cn[nH]c3N)cc2OC)c1. The highest BCUT2D eigenvalue weighted by molar-refractivity contribution is 5.74. The number of nitrogen functional groups attached to an aromatic ring is 1. The van der Waals surface area contributed by atoms with Crippen molar-refractivity contribution in [2.24, 2.45) is 0 Å². The molecule has 1 aromatic heterocycles. The van der Waals surface area contributed by atoms with Crippen LogP contribution in [0, 0.1) is 0 Å². The Hall–Kier alpha value is -2.95. The smallest absolute Gasteiger partial charge is 0.126 e. The summed E-state index contributed by atoms with van der Waals surface area (Å²) in [5.74, 6) is 2.22. The van der Waals surface area contributed by atoms with Crippen molar-refractivity contribution in [1.82, 2.24) is 10.2 Å². The molecular formula is C18H19N3O2. The van der Waals surface area contributed by atoms with E-state index in [-0.39, 0.29) is 0 Å². The Morgan fingerprint density at radius 3 is 2.65 bits per heavy atom. The van der Waals surface area contributed by atoms with Crippen LogP contribution in [-0.2, 0) is 6.42 Å². The van der Waals surface area contributed by atoms with Gasteiger partial charge in [0, 0.05) is 12.0 Å². The molecule has 23 heavy (non-hydrogen) atoms. The van der Waals surface area contributed by atoms with Crippen LogP contribution in [0.5, 0.6) is 11.5 Å². The summed E-state index contributed by atoms with van der Waals surface area (Å²) in [6.07, 6.45) is 2.48. The Kier molecular flexibility index (Phi) is 4.19. The van der Waals surface area contributed by atoms with Gasteiger partial charge in [0.15, 0.2) is 0 Å². The Morgan fingerprint density at radius 2 is 1.96 bits per heavy atom. The number of H-pyrrole nitrogens is 1. The largest absolute Gasteiger partial charge is 0.497 e. The van der Waals surface area contributed by atoms with E-state index in [2.05, 4.69) is 22.3 Å². The van der Waals surface area contributed by atoms with Crippen molar-refractivity contribution in [2.75, 3.05) is 20.0 Å². The molecule has 0 spiro atoms. The normalized spacial score (nSPS) is 10.5. The minimum atomic E-state index is 0.549. The van der Waals surface area contributed by atoms with Crippen molar-refractivity contribution in [2.45, 2.75) is 6.42 Å². The highest BCUT2D eigenvalue weighted by Gasteiger charge is 2.10. The van der Waals surface area contributed by atoms with Crippen molar-refractivity contribution in [3.8, 4) is 22.6 Å². The maximum absolute atomic E-state index is 5.88. The van der Waals surface area contributed by atoms with E-state index in [9.17, 15) is 0 Å². The molecule has 0 saturated heterocycles. The zero-order chi connectivity index (χ0) is 16.2. The summed E-state index contributed by atoms with van der Waals surface area (Å²) in [5, 5.41) is 6.70. The molecule has 0 unspecified atom stereocenters. The number of nitrogens with two attached hydrogens (primary N) is 1. The average molecular weight is 309 g/mol. The first kappa shape index (κ1) is 15.0. The molecule has 118 valence electrons. The first-order valence-electron chi connectivity index (χ1n) is 7.30. The minimum absolute atomic E-state index is 0.549. The molecular weight excluding hydrogens is 290 g/mol. The second kappa shape index (κ2) is 6.44. The Morgan fingerprint density at radius 1 is 1.09 bits per heavy atom. The van der Waals surface area contributed by atoms with Crippen molar-refractivity contribution >= 4 is 5.82 Å².